The SMILES string of the molecule is NC(=O)CO/N=C(\CCC(=O)O)c1nc2ccccc2n(C2C[C@H]3CCC[C@@H](C2)N3C2C[C@H]3CCC[C@@H](C2)C3)c1=O. The zero-order chi connectivity index (χ0) is 28.5. The van der Waals surface area contributed by atoms with Crippen LogP contribution < -0.4 is 11.3 Å². The van der Waals surface area contributed by atoms with Crippen molar-refractivity contribution in [3.05, 3.63) is 40.3 Å². The number of carbonyl (C=O) groups excluding carboxylic acids is 1. The molecule has 1 aromatic heterocycles. The van der Waals surface area contributed by atoms with Crippen LogP contribution in [-0.2, 0) is 14.4 Å². The molecule has 2 aromatic rings. The molecule has 2 unspecified atom stereocenters. The van der Waals surface area contributed by atoms with Crippen LogP contribution in [0.2, 0.25) is 0 Å². The second-order valence-corrected chi connectivity index (χ2v) is 12.6. The summed E-state index contributed by atoms with van der Waals surface area (Å²) in [7, 11) is 0. The molecule has 3 heterocycles. The maximum absolute atomic E-state index is 14.2. The van der Waals surface area contributed by atoms with Crippen molar-refractivity contribution < 1.29 is 19.5 Å². The van der Waals surface area contributed by atoms with E-state index in [1.807, 2.05) is 28.8 Å². The summed E-state index contributed by atoms with van der Waals surface area (Å²) >= 11 is 0. The molecule has 2 saturated heterocycles. The first-order chi connectivity index (χ1) is 19.9. The Labute approximate surface area is 239 Å². The third-order valence-electron chi connectivity index (χ3n) is 9.92. The summed E-state index contributed by atoms with van der Waals surface area (Å²) in [6, 6.07) is 9.19. The van der Waals surface area contributed by atoms with Crippen LogP contribution in [0.5, 0.6) is 0 Å². The molecule has 2 aliphatic heterocycles. The minimum Gasteiger partial charge on any atom is -0.481 e. The van der Waals surface area contributed by atoms with Crippen molar-refractivity contribution in [3.63, 3.8) is 0 Å². The van der Waals surface area contributed by atoms with Crippen molar-refractivity contribution >= 4 is 28.6 Å². The van der Waals surface area contributed by atoms with Crippen molar-refractivity contribution in [2.45, 2.75) is 108 Å². The lowest BCUT2D eigenvalue weighted by atomic mass is 9.68. The molecule has 10 nitrogen and oxygen atoms in total. The summed E-state index contributed by atoms with van der Waals surface area (Å²) in [6.07, 6.45) is 13.3. The third-order valence-corrected chi connectivity index (χ3v) is 9.92. The number of aromatic nitrogens is 2. The Morgan fingerprint density at radius 1 is 0.927 bits per heavy atom. The normalized spacial score (nSPS) is 30.2. The van der Waals surface area contributed by atoms with Crippen LogP contribution in [0, 0.1) is 11.8 Å². The molecule has 4 bridgehead atoms. The van der Waals surface area contributed by atoms with Crippen LogP contribution in [0.4, 0.5) is 0 Å². The lowest BCUT2D eigenvalue weighted by Gasteiger charge is -2.55. The maximum atomic E-state index is 14.2. The molecular formula is C31H41N5O5. The number of hydrogen-bond acceptors (Lipinski definition) is 7. The number of aliphatic carboxylic acids is 1. The topological polar surface area (TPSA) is 140 Å². The van der Waals surface area contributed by atoms with Gasteiger partial charge in [0.2, 0.25) is 0 Å². The molecule has 220 valence electrons. The Balaban J connectivity index is 1.34. The van der Waals surface area contributed by atoms with Gasteiger partial charge in [0.1, 0.15) is 5.71 Å². The minimum absolute atomic E-state index is 0.0102. The van der Waals surface area contributed by atoms with E-state index in [0.717, 1.165) is 43.0 Å². The van der Waals surface area contributed by atoms with Gasteiger partial charge >= 0.3 is 5.97 Å². The number of oxime groups is 1. The summed E-state index contributed by atoms with van der Waals surface area (Å²) < 4.78 is 1.89. The maximum Gasteiger partial charge on any atom is 0.303 e. The van der Waals surface area contributed by atoms with E-state index in [4.69, 9.17) is 10.6 Å². The van der Waals surface area contributed by atoms with Crippen LogP contribution in [-0.4, -0.2) is 61.9 Å². The zero-order valence-corrected chi connectivity index (χ0v) is 23.6. The molecule has 3 N–H and O–H groups in total. The monoisotopic (exact) mass is 563 g/mol. The van der Waals surface area contributed by atoms with E-state index >= 15 is 0 Å². The van der Waals surface area contributed by atoms with Crippen molar-refractivity contribution in [1.29, 1.82) is 0 Å². The lowest BCUT2D eigenvalue weighted by Crippen LogP contribution is -2.58. The van der Waals surface area contributed by atoms with Gasteiger partial charge in [-0.05, 0) is 68.9 Å². The van der Waals surface area contributed by atoms with Gasteiger partial charge in [-0.1, -0.05) is 43.0 Å². The van der Waals surface area contributed by atoms with Gasteiger partial charge in [-0.2, -0.15) is 0 Å². The number of carboxylic acids is 1. The number of carbonyl (C=O) groups is 2. The zero-order valence-electron chi connectivity index (χ0n) is 23.6. The van der Waals surface area contributed by atoms with E-state index in [1.165, 1.54) is 44.9 Å². The standard InChI is InChI=1S/C31H41N5O5/c32-28(37)18-41-34-26(11-12-29(38)39)30-31(40)36(27-10-2-1-9-25(27)33-30)24-16-21-7-4-8-22(17-24)35(21)23-14-19-5-3-6-20(13-19)15-23/h1-2,9-10,19-24H,3-8,11-18H2,(H2,32,37)(H,38,39)/b34-26+/t19-,20+,21-,22+,23?,24?. The predicted octanol–water partition coefficient (Wildman–Crippen LogP) is 3.99. The van der Waals surface area contributed by atoms with E-state index in [-0.39, 0.29) is 35.8 Å². The molecule has 0 radical (unpaired) electrons. The fourth-order valence-corrected chi connectivity index (χ4v) is 8.45. The van der Waals surface area contributed by atoms with Crippen LogP contribution in [0.15, 0.2) is 34.2 Å². The lowest BCUT2D eigenvalue weighted by molar-refractivity contribution is -0.136. The van der Waals surface area contributed by atoms with Gasteiger partial charge in [-0.3, -0.25) is 19.3 Å². The van der Waals surface area contributed by atoms with E-state index in [1.54, 1.807) is 0 Å². The van der Waals surface area contributed by atoms with Gasteiger partial charge in [0.15, 0.2) is 12.3 Å². The molecule has 6 atom stereocenters. The number of fused-ring (bicyclic) bond motifs is 5. The molecule has 0 spiro atoms. The highest BCUT2D eigenvalue weighted by atomic mass is 16.6. The molecule has 2 saturated carbocycles. The van der Waals surface area contributed by atoms with E-state index in [0.29, 0.717) is 23.6 Å². The Bertz CT molecular complexity index is 1360. The predicted molar refractivity (Wildman–Crippen MR) is 155 cm³/mol. The number of primary amides is 1. The summed E-state index contributed by atoms with van der Waals surface area (Å²) in [5.74, 6) is 0.0111. The molecule has 4 fully saturated rings. The van der Waals surface area contributed by atoms with Gasteiger partial charge in [-0.25, -0.2) is 4.98 Å². The van der Waals surface area contributed by atoms with E-state index < -0.39 is 18.5 Å². The Hall–Kier alpha value is -3.27. The highest BCUT2D eigenvalue weighted by Gasteiger charge is 2.45. The molecule has 10 heteroatoms. The molecule has 1 amide bonds. The van der Waals surface area contributed by atoms with Gasteiger partial charge in [0, 0.05) is 30.6 Å². The number of piperidine rings is 2. The number of para-hydroxylation sites is 2. The fourth-order valence-electron chi connectivity index (χ4n) is 8.45. The van der Waals surface area contributed by atoms with Crippen LogP contribution >= 0.6 is 0 Å². The Morgan fingerprint density at radius 3 is 2.29 bits per heavy atom. The number of nitrogens with two attached hydrogens (primary N) is 1. The number of hydrogen-bond donors (Lipinski definition) is 2. The van der Waals surface area contributed by atoms with Crippen LogP contribution in [0.25, 0.3) is 11.0 Å². The van der Waals surface area contributed by atoms with Crippen LogP contribution in [0.3, 0.4) is 0 Å². The molecule has 1 aromatic carbocycles. The highest BCUT2D eigenvalue weighted by Crippen LogP contribution is 2.47. The summed E-state index contributed by atoms with van der Waals surface area (Å²) in [4.78, 5) is 49.4. The van der Waals surface area contributed by atoms with Crippen LogP contribution in [0.1, 0.15) is 95.2 Å². The first-order valence-electron chi connectivity index (χ1n) is 15.4. The smallest absolute Gasteiger partial charge is 0.303 e. The number of amides is 1. The quantitative estimate of drug-likeness (QED) is 0.347. The minimum atomic E-state index is -1.03. The molecular weight excluding hydrogens is 522 g/mol. The number of carboxylic acid groups (broad SMARTS) is 1. The Kier molecular flexibility index (Phi) is 8.10. The van der Waals surface area contributed by atoms with Gasteiger partial charge < -0.3 is 20.2 Å². The number of nitrogens with zero attached hydrogens (tertiary/aromatic N) is 4. The summed E-state index contributed by atoms with van der Waals surface area (Å²) in [5.41, 5.74) is 6.51. The first-order valence-corrected chi connectivity index (χ1v) is 15.4. The average molecular weight is 564 g/mol. The molecule has 6 rings (SSSR count). The van der Waals surface area contributed by atoms with E-state index in [2.05, 4.69) is 15.0 Å². The Morgan fingerprint density at radius 2 is 1.61 bits per heavy atom. The molecule has 4 aliphatic rings. The van der Waals surface area contributed by atoms with Crippen molar-refractivity contribution in [1.82, 2.24) is 14.5 Å². The van der Waals surface area contributed by atoms with Crippen molar-refractivity contribution in [2.24, 2.45) is 22.7 Å². The summed E-state index contributed by atoms with van der Waals surface area (Å²) in [5, 5.41) is 13.3. The van der Waals surface area contributed by atoms with Gasteiger partial charge in [0.25, 0.3) is 11.5 Å². The number of benzene rings is 1. The third kappa shape index (κ3) is 5.89. The highest BCUT2D eigenvalue weighted by molar-refractivity contribution is 6.00. The van der Waals surface area contributed by atoms with E-state index in [9.17, 15) is 19.5 Å². The van der Waals surface area contributed by atoms with Crippen molar-refractivity contribution in [2.75, 3.05) is 6.61 Å². The molecule has 41 heavy (non-hydrogen) atoms. The second kappa shape index (κ2) is 11.9. The number of rotatable bonds is 9. The van der Waals surface area contributed by atoms with Gasteiger partial charge in [0.05, 0.1) is 17.5 Å². The largest absolute Gasteiger partial charge is 0.481 e. The first kappa shape index (κ1) is 27.9. The average Bonchev–Trinajstić information content (AvgIpc) is 2.93. The van der Waals surface area contributed by atoms with Gasteiger partial charge in [-0.15, -0.1) is 0 Å². The van der Waals surface area contributed by atoms with Crippen molar-refractivity contribution in [3.8, 4) is 0 Å². The second-order valence-electron chi connectivity index (χ2n) is 12.6. The summed E-state index contributed by atoms with van der Waals surface area (Å²) in [6.45, 7) is -0.469. The fraction of sp³-hybridized carbons (Fsp3) is 0.645. The molecule has 2 aliphatic carbocycles.